The van der Waals surface area contributed by atoms with Crippen LogP contribution in [0.25, 0.3) is 11.0 Å². The summed E-state index contributed by atoms with van der Waals surface area (Å²) in [5.41, 5.74) is 1.86. The number of carbonyl (C=O) groups excluding carboxylic acids is 1. The normalized spacial score (nSPS) is 19.2. The number of nitrogens with zero attached hydrogens (tertiary/aromatic N) is 4. The van der Waals surface area contributed by atoms with Crippen molar-refractivity contribution in [2.75, 3.05) is 37.6 Å². The molecule has 3 aromatic rings. The molecule has 0 amide bonds. The Kier molecular flexibility index (Phi) is 5.53. The van der Waals surface area contributed by atoms with Gasteiger partial charge in [0, 0.05) is 37.8 Å². The molecule has 0 atom stereocenters. The molecule has 2 aromatic heterocycles. The molecule has 0 aliphatic carbocycles. The molecule has 2 fully saturated rings. The number of pyridine rings is 1. The number of Topliss-reactive ketones (excluding diaryl/α,β-unsaturated/α-hetero) is 1. The summed E-state index contributed by atoms with van der Waals surface area (Å²) in [7, 11) is 0. The van der Waals surface area contributed by atoms with E-state index in [9.17, 15) is 4.79 Å². The van der Waals surface area contributed by atoms with Gasteiger partial charge in [-0.25, -0.2) is 4.98 Å². The van der Waals surface area contributed by atoms with Gasteiger partial charge in [0.15, 0.2) is 0 Å². The fourth-order valence-electron chi connectivity index (χ4n) is 5.38. The maximum Gasteiger partial charge on any atom is 0.142 e. The summed E-state index contributed by atoms with van der Waals surface area (Å²) in [6, 6.07) is 16.8. The highest BCUT2D eigenvalue weighted by Gasteiger charge is 2.40. The Hall–Kier alpha value is -2.66. The Morgan fingerprint density at radius 3 is 2.39 bits per heavy atom. The van der Waals surface area contributed by atoms with Gasteiger partial charge in [-0.3, -0.25) is 4.79 Å². The molecule has 4 heterocycles. The van der Waals surface area contributed by atoms with Crippen LogP contribution in [-0.2, 0) is 16.8 Å². The summed E-state index contributed by atoms with van der Waals surface area (Å²) in [4.78, 5) is 22.6. The number of fused-ring (bicyclic) bond motifs is 1. The van der Waals surface area contributed by atoms with Crippen LogP contribution in [0.15, 0.2) is 54.7 Å². The van der Waals surface area contributed by atoms with Crippen LogP contribution in [0.3, 0.4) is 0 Å². The van der Waals surface area contributed by atoms with Crippen LogP contribution in [-0.4, -0.2) is 53.0 Å². The van der Waals surface area contributed by atoms with Gasteiger partial charge in [0.1, 0.15) is 17.2 Å². The van der Waals surface area contributed by atoms with Crippen molar-refractivity contribution in [3.05, 3.63) is 60.3 Å². The van der Waals surface area contributed by atoms with E-state index in [-0.39, 0.29) is 11.2 Å². The standard InChI is InChI=1S/C26H32N4O/c1-21(31)26(23-7-3-2-4-8-23)12-17-29(18-13-26)24-10-9-22-11-16-30(25(22)27-24)20-19-28-14-5-6-15-28/h2-4,7-11,16H,5-6,12-15,17-20H2,1H3. The topological polar surface area (TPSA) is 41.4 Å². The van der Waals surface area contributed by atoms with Crippen molar-refractivity contribution in [2.24, 2.45) is 0 Å². The van der Waals surface area contributed by atoms with E-state index in [4.69, 9.17) is 4.98 Å². The number of benzene rings is 1. The monoisotopic (exact) mass is 416 g/mol. The maximum absolute atomic E-state index is 12.7. The first-order chi connectivity index (χ1) is 15.2. The first-order valence-electron chi connectivity index (χ1n) is 11.7. The average molecular weight is 417 g/mol. The van der Waals surface area contributed by atoms with E-state index in [1.54, 1.807) is 6.92 Å². The summed E-state index contributed by atoms with van der Waals surface area (Å²) in [6.45, 7) is 7.98. The van der Waals surface area contributed by atoms with Gasteiger partial charge >= 0.3 is 0 Å². The quantitative estimate of drug-likeness (QED) is 0.602. The zero-order valence-electron chi connectivity index (χ0n) is 18.5. The van der Waals surface area contributed by atoms with E-state index in [1.807, 2.05) is 18.2 Å². The largest absolute Gasteiger partial charge is 0.356 e. The molecule has 0 saturated carbocycles. The molecule has 0 N–H and O–H groups in total. The molecule has 162 valence electrons. The number of anilines is 1. The highest BCUT2D eigenvalue weighted by molar-refractivity contribution is 5.88. The average Bonchev–Trinajstić information content (AvgIpc) is 3.47. The number of likely N-dealkylation sites (tertiary alicyclic amines) is 1. The van der Waals surface area contributed by atoms with Crippen molar-refractivity contribution in [3.8, 4) is 0 Å². The molecule has 2 aliphatic heterocycles. The van der Waals surface area contributed by atoms with Crippen molar-refractivity contribution in [2.45, 2.75) is 44.6 Å². The number of hydrogen-bond donors (Lipinski definition) is 0. The Labute approximate surface area is 184 Å². The van der Waals surface area contributed by atoms with Gasteiger partial charge in [0.25, 0.3) is 0 Å². The molecular weight excluding hydrogens is 384 g/mol. The Morgan fingerprint density at radius 1 is 0.935 bits per heavy atom. The van der Waals surface area contributed by atoms with E-state index in [2.05, 4.69) is 50.9 Å². The maximum atomic E-state index is 12.7. The molecule has 5 rings (SSSR count). The molecule has 31 heavy (non-hydrogen) atoms. The lowest BCUT2D eigenvalue weighted by Crippen LogP contribution is -2.46. The van der Waals surface area contributed by atoms with Gasteiger partial charge in [-0.15, -0.1) is 0 Å². The van der Waals surface area contributed by atoms with E-state index >= 15 is 0 Å². The minimum absolute atomic E-state index is 0.276. The SMILES string of the molecule is CC(=O)C1(c2ccccc2)CCN(c2ccc3ccn(CCN4CCCC4)c3n2)CC1. The van der Waals surface area contributed by atoms with Crippen molar-refractivity contribution < 1.29 is 4.79 Å². The van der Waals surface area contributed by atoms with Crippen LogP contribution in [0.4, 0.5) is 5.82 Å². The second-order valence-corrected chi connectivity index (χ2v) is 9.13. The molecule has 1 aromatic carbocycles. The minimum atomic E-state index is -0.363. The molecule has 0 radical (unpaired) electrons. The van der Waals surface area contributed by atoms with E-state index in [0.29, 0.717) is 0 Å². The van der Waals surface area contributed by atoms with Crippen molar-refractivity contribution >= 4 is 22.6 Å². The van der Waals surface area contributed by atoms with Crippen molar-refractivity contribution in [3.63, 3.8) is 0 Å². The van der Waals surface area contributed by atoms with E-state index < -0.39 is 0 Å². The number of carbonyl (C=O) groups is 1. The molecule has 2 saturated heterocycles. The van der Waals surface area contributed by atoms with Gasteiger partial charge in [-0.1, -0.05) is 30.3 Å². The van der Waals surface area contributed by atoms with Crippen LogP contribution in [0.2, 0.25) is 0 Å². The van der Waals surface area contributed by atoms with Gasteiger partial charge < -0.3 is 14.4 Å². The highest BCUT2D eigenvalue weighted by Crippen LogP contribution is 2.37. The molecule has 2 aliphatic rings. The Balaban J connectivity index is 1.33. The van der Waals surface area contributed by atoms with Crippen LogP contribution in [0.5, 0.6) is 0 Å². The van der Waals surface area contributed by atoms with Gasteiger partial charge in [-0.2, -0.15) is 0 Å². The second kappa shape index (κ2) is 8.46. The predicted octanol–water partition coefficient (Wildman–Crippen LogP) is 4.26. The number of piperidine rings is 1. The van der Waals surface area contributed by atoms with Gasteiger partial charge in [0.05, 0.1) is 5.41 Å². The summed E-state index contributed by atoms with van der Waals surface area (Å²) in [5.74, 6) is 1.30. The van der Waals surface area contributed by atoms with Crippen LogP contribution in [0.1, 0.15) is 38.2 Å². The predicted molar refractivity (Wildman–Crippen MR) is 126 cm³/mol. The fraction of sp³-hybridized carbons (Fsp3) is 0.462. The third-order valence-corrected chi connectivity index (χ3v) is 7.39. The smallest absolute Gasteiger partial charge is 0.142 e. The number of aromatic nitrogens is 2. The lowest BCUT2D eigenvalue weighted by Gasteiger charge is -2.41. The molecule has 0 spiro atoms. The first kappa shape index (κ1) is 20.3. The highest BCUT2D eigenvalue weighted by atomic mass is 16.1. The Morgan fingerprint density at radius 2 is 1.68 bits per heavy atom. The zero-order chi connectivity index (χ0) is 21.3. The van der Waals surface area contributed by atoms with Crippen molar-refractivity contribution in [1.82, 2.24) is 14.5 Å². The Bertz CT molecular complexity index is 1040. The third kappa shape index (κ3) is 3.87. The minimum Gasteiger partial charge on any atom is -0.356 e. The molecule has 0 unspecified atom stereocenters. The summed E-state index contributed by atoms with van der Waals surface area (Å²) >= 11 is 0. The molecule has 0 bridgehead atoms. The molecule has 5 heteroatoms. The van der Waals surface area contributed by atoms with Crippen molar-refractivity contribution in [1.29, 1.82) is 0 Å². The van der Waals surface area contributed by atoms with E-state index in [1.165, 1.54) is 31.3 Å². The summed E-state index contributed by atoms with van der Waals surface area (Å²) < 4.78 is 2.30. The summed E-state index contributed by atoms with van der Waals surface area (Å²) in [5, 5.41) is 1.20. The first-order valence-corrected chi connectivity index (χ1v) is 11.7. The van der Waals surface area contributed by atoms with E-state index in [0.717, 1.165) is 56.0 Å². The van der Waals surface area contributed by atoms with Crippen LogP contribution < -0.4 is 4.90 Å². The van der Waals surface area contributed by atoms with Crippen LogP contribution in [0, 0.1) is 0 Å². The lowest BCUT2D eigenvalue weighted by molar-refractivity contribution is -0.123. The second-order valence-electron chi connectivity index (χ2n) is 9.13. The summed E-state index contributed by atoms with van der Waals surface area (Å²) in [6.07, 6.45) is 6.50. The molecule has 5 nitrogen and oxygen atoms in total. The van der Waals surface area contributed by atoms with Crippen LogP contribution >= 0.6 is 0 Å². The lowest BCUT2D eigenvalue weighted by atomic mass is 9.70. The van der Waals surface area contributed by atoms with Gasteiger partial charge in [0.2, 0.25) is 0 Å². The fourth-order valence-corrected chi connectivity index (χ4v) is 5.38. The zero-order valence-corrected chi connectivity index (χ0v) is 18.5. The van der Waals surface area contributed by atoms with Gasteiger partial charge in [-0.05, 0) is 69.5 Å². The number of ketones is 1. The molecular formula is C26H32N4O. The number of rotatable bonds is 6. The third-order valence-electron chi connectivity index (χ3n) is 7.39. The number of hydrogen-bond acceptors (Lipinski definition) is 4.